The second-order valence-corrected chi connectivity index (χ2v) is 8.87. The monoisotopic (exact) mass is 447 g/mol. The van der Waals surface area contributed by atoms with Crippen molar-refractivity contribution in [1.29, 1.82) is 0 Å². The molecule has 2 aromatic carbocycles. The van der Waals surface area contributed by atoms with E-state index in [4.69, 9.17) is 14.8 Å². The predicted octanol–water partition coefficient (Wildman–Crippen LogP) is 4.00. The first kappa shape index (κ1) is 20.5. The molecule has 4 aromatic rings. The van der Waals surface area contributed by atoms with Gasteiger partial charge in [0.2, 0.25) is 16.0 Å². The molecule has 7 nitrogen and oxygen atoms in total. The Morgan fingerprint density at radius 2 is 1.88 bits per heavy atom. The van der Waals surface area contributed by atoms with Gasteiger partial charge in [0, 0.05) is 31.1 Å². The molecule has 2 aromatic heterocycles. The molecule has 0 bridgehead atoms. The fourth-order valence-electron chi connectivity index (χ4n) is 3.98. The maximum Gasteiger partial charge on any atom is 0.223 e. The van der Waals surface area contributed by atoms with Gasteiger partial charge in [-0.15, -0.1) is 5.10 Å². The van der Waals surface area contributed by atoms with E-state index in [0.717, 1.165) is 58.6 Å². The number of piperidine rings is 1. The van der Waals surface area contributed by atoms with Gasteiger partial charge in [-0.3, -0.25) is 4.79 Å². The number of carbonyl (C=O) groups is 1. The van der Waals surface area contributed by atoms with Crippen LogP contribution in [-0.2, 0) is 11.3 Å². The molecule has 0 spiro atoms. The Morgan fingerprint density at radius 1 is 1.12 bits per heavy atom. The number of carbonyl (C=O) groups excluding carboxylic acids is 1. The summed E-state index contributed by atoms with van der Waals surface area (Å²) in [4.78, 5) is 20.4. The molecular weight excluding hydrogens is 422 g/mol. The van der Waals surface area contributed by atoms with E-state index in [1.54, 1.807) is 18.4 Å². The van der Waals surface area contributed by atoms with Crippen molar-refractivity contribution in [2.75, 3.05) is 25.1 Å². The van der Waals surface area contributed by atoms with Crippen molar-refractivity contribution < 1.29 is 9.53 Å². The maximum absolute atomic E-state index is 12.6. The molecule has 1 amide bonds. The smallest absolute Gasteiger partial charge is 0.223 e. The Morgan fingerprint density at radius 3 is 2.56 bits per heavy atom. The van der Waals surface area contributed by atoms with Gasteiger partial charge in [-0.1, -0.05) is 41.7 Å². The minimum Gasteiger partial charge on any atom is -0.497 e. The zero-order chi connectivity index (χ0) is 21.9. The fourth-order valence-corrected chi connectivity index (χ4v) is 4.92. The average molecular weight is 448 g/mol. The van der Waals surface area contributed by atoms with Crippen LogP contribution in [0.2, 0.25) is 0 Å². The van der Waals surface area contributed by atoms with Crippen LogP contribution in [0, 0.1) is 5.92 Å². The molecule has 5 rings (SSSR count). The highest BCUT2D eigenvalue weighted by Crippen LogP contribution is 2.30. The first-order chi connectivity index (χ1) is 15.7. The number of fused-ring (bicyclic) bond motifs is 1. The van der Waals surface area contributed by atoms with Gasteiger partial charge in [-0.05, 0) is 42.7 Å². The molecule has 1 aliphatic heterocycles. The van der Waals surface area contributed by atoms with Crippen LogP contribution < -0.4 is 15.0 Å². The number of amides is 1. The van der Waals surface area contributed by atoms with Crippen LogP contribution in [0.5, 0.6) is 5.75 Å². The number of nitrogens with one attached hydrogen (secondary N) is 1. The Hall–Kier alpha value is -3.39. The van der Waals surface area contributed by atoms with Crippen molar-refractivity contribution in [2.45, 2.75) is 19.4 Å². The first-order valence-corrected chi connectivity index (χ1v) is 11.6. The van der Waals surface area contributed by atoms with Gasteiger partial charge >= 0.3 is 0 Å². The van der Waals surface area contributed by atoms with Crippen LogP contribution in [0.25, 0.3) is 16.2 Å². The van der Waals surface area contributed by atoms with Gasteiger partial charge in [0.05, 0.1) is 19.0 Å². The molecule has 0 atom stereocenters. The van der Waals surface area contributed by atoms with Gasteiger partial charge < -0.3 is 15.0 Å². The van der Waals surface area contributed by atoms with Crippen molar-refractivity contribution in [3.8, 4) is 17.0 Å². The highest BCUT2D eigenvalue weighted by Gasteiger charge is 2.26. The third kappa shape index (κ3) is 4.31. The van der Waals surface area contributed by atoms with E-state index in [1.807, 2.05) is 65.3 Å². The van der Waals surface area contributed by atoms with E-state index in [0.29, 0.717) is 6.54 Å². The molecule has 0 saturated carbocycles. The number of methoxy groups -OCH3 is 1. The topological polar surface area (TPSA) is 71.8 Å². The lowest BCUT2D eigenvalue weighted by molar-refractivity contribution is -0.125. The highest BCUT2D eigenvalue weighted by molar-refractivity contribution is 7.20. The van der Waals surface area contributed by atoms with Crippen molar-refractivity contribution in [3.63, 3.8) is 0 Å². The molecule has 8 heteroatoms. The number of aromatic nitrogens is 3. The molecule has 1 fully saturated rings. The molecule has 3 heterocycles. The Kier molecular flexibility index (Phi) is 5.77. The Bertz CT molecular complexity index is 1160. The normalized spacial score (nSPS) is 14.6. The number of imidazole rings is 1. The third-order valence-corrected chi connectivity index (χ3v) is 6.85. The lowest BCUT2D eigenvalue weighted by Crippen LogP contribution is -2.40. The van der Waals surface area contributed by atoms with E-state index in [9.17, 15) is 4.79 Å². The van der Waals surface area contributed by atoms with E-state index < -0.39 is 0 Å². The first-order valence-electron chi connectivity index (χ1n) is 10.8. The van der Waals surface area contributed by atoms with Gasteiger partial charge in [-0.25, -0.2) is 9.50 Å². The summed E-state index contributed by atoms with van der Waals surface area (Å²) in [6.07, 6.45) is 3.63. The van der Waals surface area contributed by atoms with Crippen LogP contribution in [0.1, 0.15) is 18.4 Å². The molecular formula is C24H25N5O2S. The van der Waals surface area contributed by atoms with Crippen molar-refractivity contribution in [2.24, 2.45) is 5.92 Å². The number of ether oxygens (including phenoxy) is 1. The molecule has 164 valence electrons. The molecule has 1 N–H and O–H groups in total. The van der Waals surface area contributed by atoms with Gasteiger partial charge in [0.1, 0.15) is 5.75 Å². The number of benzene rings is 2. The summed E-state index contributed by atoms with van der Waals surface area (Å²) in [5, 5.41) is 8.77. The molecule has 0 radical (unpaired) electrons. The quantitative estimate of drug-likeness (QED) is 0.484. The zero-order valence-electron chi connectivity index (χ0n) is 17.9. The number of rotatable bonds is 6. The maximum atomic E-state index is 12.6. The third-order valence-electron chi connectivity index (χ3n) is 5.86. The Labute approximate surface area is 190 Å². The summed E-state index contributed by atoms with van der Waals surface area (Å²) in [5.74, 6) is 1.03. The number of hydrogen-bond donors (Lipinski definition) is 1. The van der Waals surface area contributed by atoms with Crippen molar-refractivity contribution in [1.82, 2.24) is 19.9 Å². The standard InChI is InChI=1S/C24H25N5O2S/c1-31-20-9-7-18(8-10-20)21-16-29-23(26-21)32-24(27-29)28-13-11-19(12-14-28)22(30)25-15-17-5-3-2-4-6-17/h2-10,16,19H,11-15H2,1H3,(H,25,30). The summed E-state index contributed by atoms with van der Waals surface area (Å²) < 4.78 is 7.07. The molecule has 0 aliphatic carbocycles. The second kappa shape index (κ2) is 9.00. The number of hydrogen-bond acceptors (Lipinski definition) is 6. The van der Waals surface area contributed by atoms with E-state index in [1.165, 1.54) is 0 Å². The molecule has 0 unspecified atom stereocenters. The minimum atomic E-state index is 0.0562. The molecule has 1 saturated heterocycles. The summed E-state index contributed by atoms with van der Waals surface area (Å²) >= 11 is 1.59. The lowest BCUT2D eigenvalue weighted by atomic mass is 9.96. The summed E-state index contributed by atoms with van der Waals surface area (Å²) in [6.45, 7) is 2.23. The van der Waals surface area contributed by atoms with Crippen LogP contribution in [0.4, 0.5) is 5.13 Å². The summed E-state index contributed by atoms with van der Waals surface area (Å²) in [5.41, 5.74) is 3.05. The molecule has 1 aliphatic rings. The summed E-state index contributed by atoms with van der Waals surface area (Å²) in [6, 6.07) is 17.9. The van der Waals surface area contributed by atoms with Crippen molar-refractivity contribution >= 4 is 27.3 Å². The van der Waals surface area contributed by atoms with Crippen LogP contribution in [-0.4, -0.2) is 40.7 Å². The van der Waals surface area contributed by atoms with Crippen LogP contribution in [0.15, 0.2) is 60.8 Å². The van der Waals surface area contributed by atoms with E-state index in [-0.39, 0.29) is 11.8 Å². The predicted molar refractivity (Wildman–Crippen MR) is 126 cm³/mol. The minimum absolute atomic E-state index is 0.0562. The van der Waals surface area contributed by atoms with Crippen LogP contribution in [0.3, 0.4) is 0 Å². The number of anilines is 1. The van der Waals surface area contributed by atoms with Crippen LogP contribution >= 0.6 is 11.3 Å². The summed E-state index contributed by atoms with van der Waals surface area (Å²) in [7, 11) is 1.66. The lowest BCUT2D eigenvalue weighted by Gasteiger charge is -2.30. The fraction of sp³-hybridized carbons (Fsp3) is 0.292. The van der Waals surface area contributed by atoms with E-state index >= 15 is 0 Å². The molecule has 32 heavy (non-hydrogen) atoms. The largest absolute Gasteiger partial charge is 0.497 e. The van der Waals surface area contributed by atoms with E-state index in [2.05, 4.69) is 10.2 Å². The van der Waals surface area contributed by atoms with Gasteiger partial charge in [0.15, 0.2) is 0 Å². The second-order valence-electron chi connectivity index (χ2n) is 7.93. The van der Waals surface area contributed by atoms with Crippen molar-refractivity contribution in [3.05, 3.63) is 66.4 Å². The van der Waals surface area contributed by atoms with Gasteiger partial charge in [0.25, 0.3) is 0 Å². The average Bonchev–Trinajstić information content (AvgIpc) is 3.43. The Balaban J connectivity index is 1.18. The SMILES string of the molecule is COc1ccc(-c2cn3nc(N4CCC(C(=O)NCc5ccccc5)CC4)sc3n2)cc1. The zero-order valence-corrected chi connectivity index (χ0v) is 18.7. The highest BCUT2D eigenvalue weighted by atomic mass is 32.1. The van der Waals surface area contributed by atoms with Gasteiger partial charge in [-0.2, -0.15) is 0 Å². The number of nitrogens with zero attached hydrogens (tertiary/aromatic N) is 4.